The highest BCUT2D eigenvalue weighted by molar-refractivity contribution is 5.79. The van der Waals surface area contributed by atoms with E-state index < -0.39 is 0 Å². The molecule has 4 aromatic rings. The van der Waals surface area contributed by atoms with Gasteiger partial charge in [0, 0.05) is 6.07 Å². The lowest BCUT2D eigenvalue weighted by Gasteiger charge is -2.07. The quantitative estimate of drug-likeness (QED) is 0.304. The average molecular weight is 422 g/mol. The summed E-state index contributed by atoms with van der Waals surface area (Å²) < 4.78 is 0. The Morgan fingerprint density at radius 2 is 0.750 bits per heavy atom. The van der Waals surface area contributed by atoms with Crippen molar-refractivity contribution in [3.05, 3.63) is 97.1 Å². The van der Waals surface area contributed by atoms with Crippen molar-refractivity contribution in [2.24, 2.45) is 30.7 Å². The summed E-state index contributed by atoms with van der Waals surface area (Å²) in [5.41, 5.74) is 1.70. The minimum absolute atomic E-state index is 0.0654. The molecule has 4 rings (SSSR count). The molecular formula is C24H18N6O2. The van der Waals surface area contributed by atoms with Crippen LogP contribution >= 0.6 is 0 Å². The Morgan fingerprint density at radius 3 is 1.12 bits per heavy atom. The van der Waals surface area contributed by atoms with Crippen molar-refractivity contribution in [3.63, 3.8) is 0 Å². The fourth-order valence-corrected chi connectivity index (χ4v) is 2.68. The number of rotatable bonds is 6. The molecule has 32 heavy (non-hydrogen) atoms. The van der Waals surface area contributed by atoms with Gasteiger partial charge in [0.15, 0.2) is 17.2 Å². The molecule has 0 saturated heterocycles. The van der Waals surface area contributed by atoms with Crippen LogP contribution in [0, 0.1) is 0 Å². The van der Waals surface area contributed by atoms with Crippen LogP contribution < -0.4 is 0 Å². The van der Waals surface area contributed by atoms with E-state index in [1.165, 1.54) is 6.07 Å². The number of benzene rings is 4. The number of hydrogen-bond acceptors (Lipinski definition) is 8. The smallest absolute Gasteiger partial charge is 0.175 e. The Bertz CT molecular complexity index is 1200. The van der Waals surface area contributed by atoms with Gasteiger partial charge in [-0.15, -0.1) is 15.3 Å². The van der Waals surface area contributed by atoms with E-state index in [4.69, 9.17) is 0 Å². The summed E-state index contributed by atoms with van der Waals surface area (Å²) in [6.45, 7) is 0. The van der Waals surface area contributed by atoms with Crippen molar-refractivity contribution >= 4 is 34.1 Å². The highest BCUT2D eigenvalue weighted by Gasteiger charge is 2.18. The van der Waals surface area contributed by atoms with Gasteiger partial charge < -0.3 is 10.2 Å². The maximum absolute atomic E-state index is 10.7. The molecule has 0 unspecified atom stereocenters. The molecule has 0 aliphatic carbocycles. The Morgan fingerprint density at radius 1 is 0.406 bits per heavy atom. The van der Waals surface area contributed by atoms with Crippen LogP contribution in [0.3, 0.4) is 0 Å². The van der Waals surface area contributed by atoms with E-state index in [9.17, 15) is 10.2 Å². The molecule has 0 saturated carbocycles. The van der Waals surface area contributed by atoms with Gasteiger partial charge in [0.05, 0.1) is 17.1 Å². The predicted octanol–water partition coefficient (Wildman–Crippen LogP) is 8.34. The second-order valence-corrected chi connectivity index (χ2v) is 6.57. The molecule has 2 N–H and O–H groups in total. The SMILES string of the molecule is Oc1c(/N=N/c2ccccc2)cc(/N=N/c2ccccc2)c(O)c1/N=N/c1ccccc1. The zero-order chi connectivity index (χ0) is 22.2. The normalized spacial score (nSPS) is 11.6. The lowest BCUT2D eigenvalue weighted by atomic mass is 10.2. The number of aromatic hydroxyl groups is 2. The average Bonchev–Trinajstić information content (AvgIpc) is 2.85. The summed E-state index contributed by atoms with van der Waals surface area (Å²) >= 11 is 0. The maximum Gasteiger partial charge on any atom is 0.175 e. The number of azo groups is 3. The van der Waals surface area contributed by atoms with E-state index in [1.807, 2.05) is 42.5 Å². The highest BCUT2D eigenvalue weighted by Crippen LogP contribution is 2.50. The fourth-order valence-electron chi connectivity index (χ4n) is 2.68. The summed E-state index contributed by atoms with van der Waals surface area (Å²) in [6, 6.07) is 28.4. The molecule has 0 fully saturated rings. The molecule has 8 heteroatoms. The summed E-state index contributed by atoms with van der Waals surface area (Å²) in [4.78, 5) is 0. The van der Waals surface area contributed by atoms with Crippen molar-refractivity contribution in [1.82, 2.24) is 0 Å². The topological polar surface area (TPSA) is 115 Å². The second-order valence-electron chi connectivity index (χ2n) is 6.57. The molecule has 0 aliphatic heterocycles. The molecule has 0 radical (unpaired) electrons. The minimum atomic E-state index is -0.375. The summed E-state index contributed by atoms with van der Waals surface area (Å²) in [6.07, 6.45) is 0. The number of hydrogen-bond donors (Lipinski definition) is 2. The Kier molecular flexibility index (Phi) is 6.33. The zero-order valence-corrected chi connectivity index (χ0v) is 16.8. The van der Waals surface area contributed by atoms with Crippen LogP contribution in [0.1, 0.15) is 0 Å². The third kappa shape index (κ3) is 5.06. The van der Waals surface area contributed by atoms with Gasteiger partial charge in [0.2, 0.25) is 0 Å². The molecule has 0 heterocycles. The van der Waals surface area contributed by atoms with E-state index in [-0.39, 0.29) is 28.6 Å². The predicted molar refractivity (Wildman–Crippen MR) is 122 cm³/mol. The minimum Gasteiger partial charge on any atom is -0.504 e. The van der Waals surface area contributed by atoms with Gasteiger partial charge in [-0.2, -0.15) is 15.3 Å². The summed E-state index contributed by atoms with van der Waals surface area (Å²) in [5.74, 6) is -0.749. The van der Waals surface area contributed by atoms with Crippen LogP contribution in [0.5, 0.6) is 11.5 Å². The summed E-state index contributed by atoms with van der Waals surface area (Å²) in [5, 5.41) is 46.0. The van der Waals surface area contributed by atoms with Crippen LogP contribution in [0.15, 0.2) is 128 Å². The maximum atomic E-state index is 10.7. The largest absolute Gasteiger partial charge is 0.504 e. The molecule has 8 nitrogen and oxygen atoms in total. The molecule has 0 atom stereocenters. The van der Waals surface area contributed by atoms with Crippen LogP contribution in [0.25, 0.3) is 0 Å². The Hall–Kier alpha value is -4.72. The van der Waals surface area contributed by atoms with Gasteiger partial charge in [-0.05, 0) is 36.4 Å². The van der Waals surface area contributed by atoms with Crippen molar-refractivity contribution in [1.29, 1.82) is 0 Å². The van der Waals surface area contributed by atoms with Crippen molar-refractivity contribution in [2.75, 3.05) is 0 Å². The first-order valence-electron chi connectivity index (χ1n) is 9.70. The van der Waals surface area contributed by atoms with E-state index in [2.05, 4.69) is 30.7 Å². The van der Waals surface area contributed by atoms with Crippen LogP contribution in [-0.4, -0.2) is 10.2 Å². The van der Waals surface area contributed by atoms with Gasteiger partial charge in [0.1, 0.15) is 11.4 Å². The van der Waals surface area contributed by atoms with E-state index in [1.54, 1.807) is 48.5 Å². The third-order valence-electron chi connectivity index (χ3n) is 4.29. The lowest BCUT2D eigenvalue weighted by Crippen LogP contribution is -1.76. The van der Waals surface area contributed by atoms with E-state index >= 15 is 0 Å². The first kappa shape index (κ1) is 20.5. The first-order chi connectivity index (χ1) is 15.7. The van der Waals surface area contributed by atoms with Gasteiger partial charge in [-0.25, -0.2) is 0 Å². The van der Waals surface area contributed by atoms with Crippen LogP contribution in [-0.2, 0) is 0 Å². The van der Waals surface area contributed by atoms with E-state index in [0.717, 1.165) is 0 Å². The summed E-state index contributed by atoms with van der Waals surface area (Å²) in [7, 11) is 0. The number of phenolic OH excluding ortho intramolecular Hbond substituents is 2. The monoisotopic (exact) mass is 422 g/mol. The van der Waals surface area contributed by atoms with E-state index in [0.29, 0.717) is 17.1 Å². The highest BCUT2D eigenvalue weighted by atomic mass is 16.3. The van der Waals surface area contributed by atoms with Crippen molar-refractivity contribution < 1.29 is 10.2 Å². The molecule has 0 spiro atoms. The van der Waals surface area contributed by atoms with Gasteiger partial charge in [0.25, 0.3) is 0 Å². The fraction of sp³-hybridized carbons (Fsp3) is 0. The Labute approximate surface area is 184 Å². The number of phenols is 2. The standard InChI is InChI=1S/C24H18N6O2/c31-23-20(28-25-17-10-4-1-5-11-17)16-21(29-26-18-12-6-2-7-13-18)24(32)22(23)30-27-19-14-8-3-9-15-19/h1-16,31-32H/b28-25+,29-26+,30-27+. The molecule has 0 aliphatic rings. The molecule has 4 aromatic carbocycles. The second kappa shape index (κ2) is 9.86. The molecule has 0 aromatic heterocycles. The molecular weight excluding hydrogens is 404 g/mol. The van der Waals surface area contributed by atoms with Crippen molar-refractivity contribution in [3.8, 4) is 11.5 Å². The lowest BCUT2D eigenvalue weighted by molar-refractivity contribution is 0.454. The van der Waals surface area contributed by atoms with Gasteiger partial charge >= 0.3 is 0 Å². The molecule has 156 valence electrons. The van der Waals surface area contributed by atoms with Crippen molar-refractivity contribution in [2.45, 2.75) is 0 Å². The van der Waals surface area contributed by atoms with Gasteiger partial charge in [-0.3, -0.25) is 0 Å². The Balaban J connectivity index is 1.77. The third-order valence-corrected chi connectivity index (χ3v) is 4.29. The molecule has 0 bridgehead atoms. The van der Waals surface area contributed by atoms with Crippen LogP contribution in [0.4, 0.5) is 34.1 Å². The van der Waals surface area contributed by atoms with Crippen LogP contribution in [0.2, 0.25) is 0 Å². The zero-order valence-electron chi connectivity index (χ0n) is 16.8. The van der Waals surface area contributed by atoms with Gasteiger partial charge in [-0.1, -0.05) is 54.6 Å². The molecule has 0 amide bonds. The first-order valence-corrected chi connectivity index (χ1v) is 9.70. The number of nitrogens with zero attached hydrogens (tertiary/aromatic N) is 6.